The second kappa shape index (κ2) is 5.93. The van der Waals surface area contributed by atoms with Gasteiger partial charge in [0.1, 0.15) is 11.3 Å². The maximum atomic E-state index is 11.2. The number of carbonyl (C=O) groups is 1. The second-order valence-electron chi connectivity index (χ2n) is 5.70. The van der Waals surface area contributed by atoms with Crippen molar-refractivity contribution in [2.45, 2.75) is 25.8 Å². The second-order valence-corrected chi connectivity index (χ2v) is 5.70. The average molecular weight is 290 g/mol. The molecule has 1 N–H and O–H groups in total. The van der Waals surface area contributed by atoms with Gasteiger partial charge >= 0.3 is 5.97 Å². The smallest absolute Gasteiger partial charge is 0.339 e. The summed E-state index contributed by atoms with van der Waals surface area (Å²) in [5.74, 6) is -0.470. The van der Waals surface area contributed by atoms with Gasteiger partial charge in [0.2, 0.25) is 0 Å². The standard InChI is InChI=1S/C16H22N2O3/c1-2-21-15-10-12(5-6-14(15)16(19)20)18-9-8-17-7-3-4-13(17)11-18/h5-6,10,13H,2-4,7-9,11H2,1H3,(H,19,20)/t13-/m0/s1. The highest BCUT2D eigenvalue weighted by molar-refractivity contribution is 5.91. The Morgan fingerprint density at radius 3 is 3.00 bits per heavy atom. The molecule has 0 aromatic heterocycles. The van der Waals surface area contributed by atoms with E-state index in [9.17, 15) is 9.90 Å². The fourth-order valence-corrected chi connectivity index (χ4v) is 3.38. The third-order valence-electron chi connectivity index (χ3n) is 4.45. The van der Waals surface area contributed by atoms with Crippen molar-refractivity contribution in [2.24, 2.45) is 0 Å². The van der Waals surface area contributed by atoms with Gasteiger partial charge in [-0.25, -0.2) is 4.79 Å². The van der Waals surface area contributed by atoms with Crippen molar-refractivity contribution < 1.29 is 14.6 Å². The highest BCUT2D eigenvalue weighted by atomic mass is 16.5. The molecular weight excluding hydrogens is 268 g/mol. The van der Waals surface area contributed by atoms with Crippen LogP contribution in [0.15, 0.2) is 18.2 Å². The lowest BCUT2D eigenvalue weighted by molar-refractivity contribution is 0.0692. The van der Waals surface area contributed by atoms with Crippen LogP contribution in [-0.4, -0.2) is 54.8 Å². The number of rotatable bonds is 4. The van der Waals surface area contributed by atoms with Gasteiger partial charge in [-0.2, -0.15) is 0 Å². The molecule has 1 atom stereocenters. The van der Waals surface area contributed by atoms with Crippen LogP contribution in [0.4, 0.5) is 5.69 Å². The Kier molecular flexibility index (Phi) is 4.01. The number of fused-ring (bicyclic) bond motifs is 1. The van der Waals surface area contributed by atoms with Gasteiger partial charge in [0.05, 0.1) is 6.61 Å². The summed E-state index contributed by atoms with van der Waals surface area (Å²) in [7, 11) is 0. The summed E-state index contributed by atoms with van der Waals surface area (Å²) in [6.45, 7) is 6.68. The maximum Gasteiger partial charge on any atom is 0.339 e. The van der Waals surface area contributed by atoms with Crippen molar-refractivity contribution in [3.8, 4) is 5.75 Å². The SMILES string of the molecule is CCOc1cc(N2CCN3CCC[C@H]3C2)ccc1C(=O)O. The number of ether oxygens (including phenoxy) is 1. The minimum atomic E-state index is -0.939. The lowest BCUT2D eigenvalue weighted by Gasteiger charge is -2.39. The number of nitrogens with zero attached hydrogens (tertiary/aromatic N) is 2. The molecule has 1 aromatic rings. The highest BCUT2D eigenvalue weighted by Gasteiger charge is 2.30. The van der Waals surface area contributed by atoms with Gasteiger partial charge in [-0.15, -0.1) is 0 Å². The minimum absolute atomic E-state index is 0.236. The van der Waals surface area contributed by atoms with Crippen molar-refractivity contribution >= 4 is 11.7 Å². The molecule has 1 aromatic carbocycles. The summed E-state index contributed by atoms with van der Waals surface area (Å²) in [5.41, 5.74) is 1.30. The lowest BCUT2D eigenvalue weighted by Crippen LogP contribution is -2.50. The predicted octanol–water partition coefficient (Wildman–Crippen LogP) is 2.07. The van der Waals surface area contributed by atoms with Gasteiger partial charge in [-0.3, -0.25) is 4.90 Å². The number of anilines is 1. The molecule has 0 spiro atoms. The van der Waals surface area contributed by atoms with Crippen molar-refractivity contribution in [1.82, 2.24) is 4.90 Å². The van der Waals surface area contributed by atoms with Crippen LogP contribution in [0.25, 0.3) is 0 Å². The van der Waals surface area contributed by atoms with Gasteiger partial charge in [0.25, 0.3) is 0 Å². The number of piperazine rings is 1. The molecule has 5 heteroatoms. The maximum absolute atomic E-state index is 11.2. The highest BCUT2D eigenvalue weighted by Crippen LogP contribution is 2.29. The van der Waals surface area contributed by atoms with Gasteiger partial charge in [-0.05, 0) is 38.4 Å². The summed E-state index contributed by atoms with van der Waals surface area (Å²) in [6.07, 6.45) is 2.56. The number of hydrogen-bond acceptors (Lipinski definition) is 4. The number of hydrogen-bond donors (Lipinski definition) is 1. The largest absolute Gasteiger partial charge is 0.493 e. The Balaban J connectivity index is 1.81. The fraction of sp³-hybridized carbons (Fsp3) is 0.562. The third kappa shape index (κ3) is 2.83. The lowest BCUT2D eigenvalue weighted by atomic mass is 10.1. The zero-order chi connectivity index (χ0) is 14.8. The van der Waals surface area contributed by atoms with E-state index in [4.69, 9.17) is 4.74 Å². The first-order chi connectivity index (χ1) is 10.2. The minimum Gasteiger partial charge on any atom is -0.493 e. The van der Waals surface area contributed by atoms with Crippen LogP contribution in [0.3, 0.4) is 0 Å². The summed E-state index contributed by atoms with van der Waals surface area (Å²) >= 11 is 0. The number of carboxylic acid groups (broad SMARTS) is 1. The first kappa shape index (κ1) is 14.2. The van der Waals surface area contributed by atoms with Crippen molar-refractivity contribution in [1.29, 1.82) is 0 Å². The molecule has 2 heterocycles. The molecule has 3 rings (SSSR count). The number of aromatic carboxylic acids is 1. The summed E-state index contributed by atoms with van der Waals surface area (Å²) < 4.78 is 5.50. The zero-order valence-electron chi connectivity index (χ0n) is 12.4. The van der Waals surface area contributed by atoms with Gasteiger partial charge < -0.3 is 14.7 Å². The number of benzene rings is 1. The van der Waals surface area contributed by atoms with E-state index in [1.54, 1.807) is 6.07 Å². The van der Waals surface area contributed by atoms with E-state index >= 15 is 0 Å². The first-order valence-electron chi connectivity index (χ1n) is 7.68. The molecule has 0 bridgehead atoms. The predicted molar refractivity (Wildman–Crippen MR) is 81.4 cm³/mol. The van der Waals surface area contributed by atoms with E-state index in [0.717, 1.165) is 25.3 Å². The molecule has 21 heavy (non-hydrogen) atoms. The molecule has 2 aliphatic rings. The van der Waals surface area contributed by atoms with Crippen molar-refractivity contribution in [2.75, 3.05) is 37.7 Å². The molecule has 0 aliphatic carbocycles. The molecule has 0 saturated carbocycles. The number of carboxylic acids is 1. The van der Waals surface area contributed by atoms with Gasteiger partial charge in [0.15, 0.2) is 0 Å². The van der Waals surface area contributed by atoms with Crippen molar-refractivity contribution in [3.63, 3.8) is 0 Å². The monoisotopic (exact) mass is 290 g/mol. The Morgan fingerprint density at radius 1 is 1.38 bits per heavy atom. The van der Waals surface area contributed by atoms with Crippen LogP contribution in [0.1, 0.15) is 30.1 Å². The normalized spacial score (nSPS) is 22.1. The van der Waals surface area contributed by atoms with Crippen LogP contribution in [0, 0.1) is 0 Å². The molecule has 2 saturated heterocycles. The van der Waals surface area contributed by atoms with Crippen LogP contribution in [0.2, 0.25) is 0 Å². The van der Waals surface area contributed by atoms with Crippen molar-refractivity contribution in [3.05, 3.63) is 23.8 Å². The summed E-state index contributed by atoms with van der Waals surface area (Å²) in [4.78, 5) is 16.1. The molecule has 0 radical (unpaired) electrons. The van der Waals surface area contributed by atoms with E-state index in [1.807, 2.05) is 19.1 Å². The molecule has 2 aliphatic heterocycles. The summed E-state index contributed by atoms with van der Waals surface area (Å²) in [6, 6.07) is 6.08. The van der Waals surface area contributed by atoms with E-state index in [-0.39, 0.29) is 5.56 Å². The Bertz CT molecular complexity index is 532. The average Bonchev–Trinajstić information content (AvgIpc) is 2.94. The van der Waals surface area contributed by atoms with E-state index in [0.29, 0.717) is 18.4 Å². The topological polar surface area (TPSA) is 53.0 Å². The molecular formula is C16H22N2O3. The Labute approximate surface area is 125 Å². The first-order valence-corrected chi connectivity index (χ1v) is 7.68. The zero-order valence-corrected chi connectivity index (χ0v) is 12.4. The summed E-state index contributed by atoms with van der Waals surface area (Å²) in [5, 5.41) is 9.22. The quantitative estimate of drug-likeness (QED) is 0.920. The molecule has 114 valence electrons. The van der Waals surface area contributed by atoms with Crippen LogP contribution < -0.4 is 9.64 Å². The van der Waals surface area contributed by atoms with E-state index in [1.165, 1.54) is 19.4 Å². The Morgan fingerprint density at radius 2 is 2.24 bits per heavy atom. The molecule has 5 nitrogen and oxygen atoms in total. The van der Waals surface area contributed by atoms with E-state index in [2.05, 4.69) is 9.80 Å². The van der Waals surface area contributed by atoms with Crippen LogP contribution >= 0.6 is 0 Å². The fourth-order valence-electron chi connectivity index (χ4n) is 3.38. The van der Waals surface area contributed by atoms with E-state index < -0.39 is 5.97 Å². The Hall–Kier alpha value is -1.75. The van der Waals surface area contributed by atoms with Crippen LogP contribution in [0.5, 0.6) is 5.75 Å². The molecule has 2 fully saturated rings. The molecule has 0 unspecified atom stereocenters. The molecule has 0 amide bonds. The third-order valence-corrected chi connectivity index (χ3v) is 4.45. The van der Waals surface area contributed by atoms with Gasteiger partial charge in [0, 0.05) is 37.4 Å². The van der Waals surface area contributed by atoms with Gasteiger partial charge in [-0.1, -0.05) is 0 Å². The van der Waals surface area contributed by atoms with Crippen LogP contribution in [-0.2, 0) is 0 Å².